The van der Waals surface area contributed by atoms with Crippen LogP contribution >= 0.6 is 0 Å². The van der Waals surface area contributed by atoms with Gasteiger partial charge in [0.1, 0.15) is 0 Å². The van der Waals surface area contributed by atoms with Crippen molar-refractivity contribution in [1.82, 2.24) is 0 Å². The van der Waals surface area contributed by atoms with Gasteiger partial charge in [-0.3, -0.25) is 4.79 Å². The minimum absolute atomic E-state index is 0.0197. The SMILES string of the molecule is CCCCCCC(CC)(CCCCC(CCCCCC)(C(=O)O)C(CCCCCC)(CCCCCC)C(CCCCCC)(CCCCCC)C(CCCCCC)(CCCCCC)C(CCCCCC)(CCCCCC)C(CCCCCC)(CCCCCC)C(CCCCCC)(CCCCCC)CCCCCC)C(CCCCCC)(CCCCCC)CCCCCC. The van der Waals surface area contributed by atoms with Crippen LogP contribution in [0.1, 0.15) is 742 Å². The minimum Gasteiger partial charge on any atom is -0.481 e. The van der Waals surface area contributed by atoms with Gasteiger partial charge in [0.2, 0.25) is 0 Å². The van der Waals surface area contributed by atoms with E-state index in [-0.39, 0.29) is 38.5 Å². The molecular formula is C124H248O2. The maximum atomic E-state index is 18.2. The monoisotopic (exact) mass is 1770 g/mol. The van der Waals surface area contributed by atoms with Crippen molar-refractivity contribution < 1.29 is 9.90 Å². The van der Waals surface area contributed by atoms with Crippen LogP contribution < -0.4 is 0 Å². The third kappa shape index (κ3) is 43.4. The molecule has 0 saturated carbocycles. The minimum atomic E-state index is -0.848. The van der Waals surface area contributed by atoms with Crippen molar-refractivity contribution in [3.8, 4) is 0 Å². The van der Waals surface area contributed by atoms with Crippen LogP contribution in [0.5, 0.6) is 0 Å². The van der Waals surface area contributed by atoms with Crippen molar-refractivity contribution in [2.24, 2.45) is 48.7 Å². The highest BCUT2D eigenvalue weighted by molar-refractivity contribution is 5.76. The molecule has 0 radical (unpaired) electrons. The fourth-order valence-corrected chi connectivity index (χ4v) is 29.0. The van der Waals surface area contributed by atoms with E-state index in [1.807, 2.05) is 0 Å². The molecule has 2 unspecified atom stereocenters. The molecule has 0 rings (SSSR count). The molecule has 2 heteroatoms. The first-order valence-corrected chi connectivity index (χ1v) is 60.8. The Labute approximate surface area is 801 Å². The molecule has 0 spiro atoms. The Balaban J connectivity index is 12.9. The molecule has 0 aromatic heterocycles. The fourth-order valence-electron chi connectivity index (χ4n) is 29.0. The molecule has 0 aliphatic rings. The Bertz CT molecular complexity index is 2130. The van der Waals surface area contributed by atoms with Crippen LogP contribution in [0.25, 0.3) is 0 Å². The quantitative estimate of drug-likeness (QED) is 0.0616. The van der Waals surface area contributed by atoms with Crippen LogP contribution in [0, 0.1) is 48.7 Å². The highest BCUT2D eigenvalue weighted by Crippen LogP contribution is 2.83. The van der Waals surface area contributed by atoms with Crippen LogP contribution in [-0.2, 0) is 4.79 Å². The molecule has 0 amide bonds. The molecule has 126 heavy (non-hydrogen) atoms. The summed E-state index contributed by atoms with van der Waals surface area (Å²) in [5.41, 5.74) is -0.556. The molecule has 0 aromatic rings. The van der Waals surface area contributed by atoms with E-state index in [2.05, 4.69) is 132 Å². The normalized spacial score (nSPS) is 13.9. The first-order valence-electron chi connectivity index (χ1n) is 60.8. The van der Waals surface area contributed by atoms with E-state index in [1.165, 1.54) is 571 Å². The van der Waals surface area contributed by atoms with Crippen LogP contribution in [0.15, 0.2) is 0 Å². The summed E-state index contributed by atoms with van der Waals surface area (Å²) in [5, 5.41) is 14.9. The number of unbranched alkanes of at least 4 members (excludes halogenated alkanes) is 55. The lowest BCUT2D eigenvalue weighted by molar-refractivity contribution is -0.292. The second-order valence-corrected chi connectivity index (χ2v) is 44.8. The molecule has 2 nitrogen and oxygen atoms in total. The van der Waals surface area contributed by atoms with Crippen molar-refractivity contribution in [1.29, 1.82) is 0 Å². The van der Waals surface area contributed by atoms with Gasteiger partial charge in [0.05, 0.1) is 5.41 Å². The standard InChI is InChI=1S/C124H248O2/c1-20-39-57-75-95-116(38-19,117(97-76-58-40-21-2,98-77-59-41-22-3)99-78-60-42-23-4)96-93-94-104-119(115(125)126,103-82-64-46-27-8)121(107-85-67-49-30-11,108-86-68-50-31-12)123(111-89-71-53-34-15,112-90-72-54-35-16)124(113-91-73-55-36-17,114-92-74-56-37-18)122(109-87-69-51-32-13,110-88-70-52-33-14)120(105-83-65-47-28-9,106-84-66-48-29-10)118(100-79-61-43-24-5,101-80-62-44-25-6)102-81-63-45-26-7/h20-114H2,1-19H3,(H,125,126). The summed E-state index contributed by atoms with van der Waals surface area (Å²) in [6, 6.07) is 0. The van der Waals surface area contributed by atoms with Gasteiger partial charge in [0.15, 0.2) is 0 Å². The van der Waals surface area contributed by atoms with Crippen LogP contribution in [0.2, 0.25) is 0 Å². The smallest absolute Gasteiger partial charge is 0.310 e. The number of carboxylic acid groups (broad SMARTS) is 1. The van der Waals surface area contributed by atoms with E-state index in [0.717, 1.165) is 38.5 Å². The second kappa shape index (κ2) is 82.7. The Hall–Kier alpha value is -0.530. The van der Waals surface area contributed by atoms with Gasteiger partial charge in [-0.2, -0.15) is 0 Å². The van der Waals surface area contributed by atoms with Gasteiger partial charge in [-0.25, -0.2) is 0 Å². The van der Waals surface area contributed by atoms with Crippen LogP contribution in [0.4, 0.5) is 0 Å². The summed E-state index contributed by atoms with van der Waals surface area (Å²) < 4.78 is 0. The molecule has 0 aromatic carbocycles. The number of carbonyl (C=O) groups is 1. The van der Waals surface area contributed by atoms with Gasteiger partial charge in [0, 0.05) is 0 Å². The highest BCUT2D eigenvalue weighted by atomic mass is 16.4. The van der Waals surface area contributed by atoms with Crippen LogP contribution in [-0.4, -0.2) is 11.1 Å². The summed E-state index contributed by atoms with van der Waals surface area (Å²) in [4.78, 5) is 18.2. The first-order chi connectivity index (χ1) is 61.6. The maximum absolute atomic E-state index is 18.2. The Kier molecular flexibility index (Phi) is 82.4. The fraction of sp³-hybridized carbons (Fsp3) is 0.992. The Morgan fingerprint density at radius 3 is 0.444 bits per heavy atom. The molecule has 0 fully saturated rings. The predicted molar refractivity (Wildman–Crippen MR) is 576 cm³/mol. The van der Waals surface area contributed by atoms with Crippen molar-refractivity contribution in [2.75, 3.05) is 0 Å². The Morgan fingerprint density at radius 1 is 0.135 bits per heavy atom. The van der Waals surface area contributed by atoms with Crippen molar-refractivity contribution in [3.63, 3.8) is 0 Å². The summed E-state index contributed by atoms with van der Waals surface area (Å²) in [5.74, 6) is -0.264. The first kappa shape index (κ1) is 125. The topological polar surface area (TPSA) is 37.3 Å². The zero-order chi connectivity index (χ0) is 93.3. The van der Waals surface area contributed by atoms with Gasteiger partial charge in [-0.05, 0) is 178 Å². The summed E-state index contributed by atoms with van der Waals surface area (Å²) in [6.45, 7) is 48.0. The van der Waals surface area contributed by atoms with Gasteiger partial charge in [-0.15, -0.1) is 0 Å². The number of rotatable bonds is 104. The van der Waals surface area contributed by atoms with E-state index < -0.39 is 10.8 Å². The number of aliphatic carboxylic acids is 1. The van der Waals surface area contributed by atoms with Crippen molar-refractivity contribution in [2.45, 2.75) is 742 Å². The molecule has 0 heterocycles. The third-order valence-corrected chi connectivity index (χ3v) is 35.9. The number of hydrogen-bond acceptors (Lipinski definition) is 1. The third-order valence-electron chi connectivity index (χ3n) is 35.9. The zero-order valence-corrected chi connectivity index (χ0v) is 92.0. The molecular weight excluding hydrogens is 1520 g/mol. The molecule has 0 aliphatic carbocycles. The van der Waals surface area contributed by atoms with Crippen molar-refractivity contribution in [3.05, 3.63) is 0 Å². The van der Waals surface area contributed by atoms with E-state index in [4.69, 9.17) is 0 Å². The largest absolute Gasteiger partial charge is 0.481 e. The zero-order valence-electron chi connectivity index (χ0n) is 92.0. The maximum Gasteiger partial charge on any atom is 0.310 e. The molecule has 756 valence electrons. The predicted octanol–water partition coefficient (Wildman–Crippen LogP) is 46.4. The lowest BCUT2D eigenvalue weighted by atomic mass is 9.26. The summed E-state index contributed by atoms with van der Waals surface area (Å²) in [6.07, 6.45) is 126. The lowest BCUT2D eigenvalue weighted by Crippen LogP contribution is -2.71. The van der Waals surface area contributed by atoms with Gasteiger partial charge in [0.25, 0.3) is 0 Å². The molecule has 1 N–H and O–H groups in total. The Morgan fingerprint density at radius 2 is 0.262 bits per heavy atom. The summed E-state index contributed by atoms with van der Waals surface area (Å²) >= 11 is 0. The lowest BCUT2D eigenvalue weighted by Gasteiger charge is -2.77. The highest BCUT2D eigenvalue weighted by Gasteiger charge is 2.77. The van der Waals surface area contributed by atoms with E-state index in [9.17, 15) is 5.11 Å². The van der Waals surface area contributed by atoms with Gasteiger partial charge < -0.3 is 5.11 Å². The van der Waals surface area contributed by atoms with Gasteiger partial charge >= 0.3 is 5.97 Å². The van der Waals surface area contributed by atoms with E-state index in [1.54, 1.807) is 0 Å². The van der Waals surface area contributed by atoms with Crippen LogP contribution in [0.3, 0.4) is 0 Å². The number of hydrogen-bond donors (Lipinski definition) is 1. The van der Waals surface area contributed by atoms with Crippen molar-refractivity contribution >= 4 is 5.97 Å². The number of carboxylic acids is 1. The summed E-state index contributed by atoms with van der Waals surface area (Å²) in [7, 11) is 0. The second-order valence-electron chi connectivity index (χ2n) is 44.8. The van der Waals surface area contributed by atoms with Gasteiger partial charge in [-0.1, -0.05) is 607 Å². The molecule has 0 aliphatic heterocycles. The molecule has 2 atom stereocenters. The average molecular weight is 1770 g/mol. The van der Waals surface area contributed by atoms with E-state index >= 15 is 4.79 Å². The molecule has 0 saturated heterocycles. The molecule has 0 bridgehead atoms. The van der Waals surface area contributed by atoms with E-state index in [0.29, 0.717) is 5.41 Å². The average Bonchev–Trinajstić information content (AvgIpc) is 0.658.